The van der Waals surface area contributed by atoms with E-state index in [-0.39, 0.29) is 17.5 Å². The molecule has 0 atom stereocenters. The Balaban J connectivity index is 1.61. The number of halogens is 1. The topological polar surface area (TPSA) is 96.0 Å². The second kappa shape index (κ2) is 8.67. The molecule has 0 saturated heterocycles. The molecule has 0 unspecified atom stereocenters. The van der Waals surface area contributed by atoms with Crippen molar-refractivity contribution in [3.8, 4) is 11.1 Å². The molecule has 1 aliphatic rings. The van der Waals surface area contributed by atoms with Crippen molar-refractivity contribution in [1.29, 1.82) is 0 Å². The third kappa shape index (κ3) is 4.79. The van der Waals surface area contributed by atoms with Crippen molar-refractivity contribution in [2.24, 2.45) is 5.92 Å². The van der Waals surface area contributed by atoms with Crippen LogP contribution in [-0.2, 0) is 4.79 Å². The standard InChI is InChI=1S/C23H24FN5O2/c1-3-8-25-23(31)28-20-10-15(6-7-18(20)24)17-9-16-12-26-21(11-19(16)27-13(17)2)29-22(30)14-4-5-14/h6-7,9-12,14H,3-5,8H2,1-2H3,(H2,25,28,31)(H,26,29,30). The lowest BCUT2D eigenvalue weighted by atomic mass is 10.0. The molecule has 7 nitrogen and oxygen atoms in total. The number of fused-ring (bicyclic) bond motifs is 1. The number of rotatable bonds is 6. The van der Waals surface area contributed by atoms with Gasteiger partial charge in [0.1, 0.15) is 11.6 Å². The highest BCUT2D eigenvalue weighted by Crippen LogP contribution is 2.31. The number of aromatic nitrogens is 2. The normalized spacial score (nSPS) is 13.1. The number of benzene rings is 1. The minimum absolute atomic E-state index is 0.00509. The Hall–Kier alpha value is -3.55. The van der Waals surface area contributed by atoms with Gasteiger partial charge in [-0.2, -0.15) is 0 Å². The van der Waals surface area contributed by atoms with Gasteiger partial charge in [0.15, 0.2) is 0 Å². The summed E-state index contributed by atoms with van der Waals surface area (Å²) in [5.41, 5.74) is 3.08. The van der Waals surface area contributed by atoms with Crippen LogP contribution in [-0.4, -0.2) is 28.5 Å². The van der Waals surface area contributed by atoms with Gasteiger partial charge in [0.05, 0.1) is 11.2 Å². The van der Waals surface area contributed by atoms with Gasteiger partial charge in [-0.25, -0.2) is 14.2 Å². The van der Waals surface area contributed by atoms with Crippen molar-refractivity contribution in [2.45, 2.75) is 33.1 Å². The Morgan fingerprint density at radius 3 is 2.71 bits per heavy atom. The van der Waals surface area contributed by atoms with Crippen LogP contribution >= 0.6 is 0 Å². The summed E-state index contributed by atoms with van der Waals surface area (Å²) in [5.74, 6) is 0.0596. The molecule has 2 heterocycles. The Bertz CT molecular complexity index is 1160. The van der Waals surface area contributed by atoms with Gasteiger partial charge in [-0.15, -0.1) is 0 Å². The number of hydrogen-bond donors (Lipinski definition) is 3. The van der Waals surface area contributed by atoms with E-state index < -0.39 is 11.8 Å². The van der Waals surface area contributed by atoms with Gasteiger partial charge in [0.2, 0.25) is 5.91 Å². The average Bonchev–Trinajstić information content (AvgIpc) is 3.59. The molecule has 1 aromatic carbocycles. The van der Waals surface area contributed by atoms with Gasteiger partial charge in [0, 0.05) is 41.4 Å². The smallest absolute Gasteiger partial charge is 0.319 e. The zero-order valence-corrected chi connectivity index (χ0v) is 17.5. The van der Waals surface area contributed by atoms with Crippen molar-refractivity contribution < 1.29 is 14.0 Å². The molecule has 1 aliphatic carbocycles. The fourth-order valence-corrected chi connectivity index (χ4v) is 3.29. The van der Waals surface area contributed by atoms with Gasteiger partial charge in [0.25, 0.3) is 0 Å². The number of pyridine rings is 2. The van der Waals surface area contributed by atoms with Crippen molar-refractivity contribution >= 4 is 34.3 Å². The second-order valence-electron chi connectivity index (χ2n) is 7.72. The van der Waals surface area contributed by atoms with E-state index in [4.69, 9.17) is 0 Å². The van der Waals surface area contributed by atoms with Crippen LogP contribution in [0.2, 0.25) is 0 Å². The van der Waals surface area contributed by atoms with E-state index >= 15 is 0 Å². The van der Waals surface area contributed by atoms with Gasteiger partial charge in [-0.1, -0.05) is 13.0 Å². The lowest BCUT2D eigenvalue weighted by Crippen LogP contribution is -2.29. The summed E-state index contributed by atoms with van der Waals surface area (Å²) >= 11 is 0. The van der Waals surface area contributed by atoms with E-state index in [0.29, 0.717) is 17.9 Å². The van der Waals surface area contributed by atoms with Crippen LogP contribution in [0.3, 0.4) is 0 Å². The SMILES string of the molecule is CCCNC(=O)Nc1cc(-c2cc3cnc(NC(=O)C4CC4)cc3nc2C)ccc1F. The summed E-state index contributed by atoms with van der Waals surface area (Å²) in [5, 5.41) is 8.84. The molecule has 3 aromatic rings. The molecule has 1 fully saturated rings. The summed E-state index contributed by atoms with van der Waals surface area (Å²) in [7, 11) is 0. The number of urea groups is 1. The fourth-order valence-electron chi connectivity index (χ4n) is 3.29. The first-order chi connectivity index (χ1) is 14.9. The maximum absolute atomic E-state index is 14.2. The van der Waals surface area contributed by atoms with E-state index in [1.54, 1.807) is 24.4 Å². The molecule has 0 aliphatic heterocycles. The highest BCUT2D eigenvalue weighted by molar-refractivity contribution is 5.95. The van der Waals surface area contributed by atoms with Crippen molar-refractivity contribution in [2.75, 3.05) is 17.2 Å². The minimum atomic E-state index is -0.514. The molecule has 3 N–H and O–H groups in total. The number of carbonyl (C=O) groups is 2. The molecular weight excluding hydrogens is 397 g/mol. The van der Waals surface area contributed by atoms with Crippen LogP contribution in [0.25, 0.3) is 22.0 Å². The maximum atomic E-state index is 14.2. The summed E-state index contributed by atoms with van der Waals surface area (Å²) < 4.78 is 14.2. The van der Waals surface area contributed by atoms with Crippen molar-refractivity contribution in [3.05, 3.63) is 48.0 Å². The quantitative estimate of drug-likeness (QED) is 0.541. The fraction of sp³-hybridized carbons (Fsp3) is 0.304. The predicted molar refractivity (Wildman–Crippen MR) is 118 cm³/mol. The predicted octanol–water partition coefficient (Wildman–Crippen LogP) is 4.62. The Morgan fingerprint density at radius 2 is 1.97 bits per heavy atom. The molecule has 0 spiro atoms. The lowest BCUT2D eigenvalue weighted by Gasteiger charge is -2.12. The van der Waals surface area contributed by atoms with E-state index in [1.165, 1.54) is 6.07 Å². The molecule has 8 heteroatoms. The summed E-state index contributed by atoms with van der Waals surface area (Å²) in [6.45, 7) is 4.31. The van der Waals surface area contributed by atoms with E-state index in [0.717, 1.165) is 41.5 Å². The largest absolute Gasteiger partial charge is 0.338 e. The number of nitrogens with one attached hydrogen (secondary N) is 3. The van der Waals surface area contributed by atoms with Crippen LogP contribution in [0.15, 0.2) is 36.5 Å². The minimum Gasteiger partial charge on any atom is -0.338 e. The highest BCUT2D eigenvalue weighted by atomic mass is 19.1. The van der Waals surface area contributed by atoms with Gasteiger partial charge in [-0.3, -0.25) is 9.78 Å². The monoisotopic (exact) mass is 421 g/mol. The number of hydrogen-bond acceptors (Lipinski definition) is 4. The number of carbonyl (C=O) groups excluding carboxylic acids is 2. The Morgan fingerprint density at radius 1 is 1.16 bits per heavy atom. The molecule has 31 heavy (non-hydrogen) atoms. The third-order valence-corrected chi connectivity index (χ3v) is 5.15. The molecule has 4 rings (SSSR count). The van der Waals surface area contributed by atoms with Gasteiger partial charge >= 0.3 is 6.03 Å². The first kappa shape index (κ1) is 20.7. The number of anilines is 2. The van der Waals surface area contributed by atoms with Crippen molar-refractivity contribution in [1.82, 2.24) is 15.3 Å². The van der Waals surface area contributed by atoms with Crippen LogP contribution in [0.1, 0.15) is 31.9 Å². The first-order valence-corrected chi connectivity index (χ1v) is 10.4. The molecule has 3 amide bonds. The molecule has 1 saturated carbocycles. The first-order valence-electron chi connectivity index (χ1n) is 10.4. The zero-order chi connectivity index (χ0) is 22.0. The maximum Gasteiger partial charge on any atom is 0.319 e. The third-order valence-electron chi connectivity index (χ3n) is 5.15. The van der Waals surface area contributed by atoms with Crippen molar-refractivity contribution in [3.63, 3.8) is 0 Å². The van der Waals surface area contributed by atoms with Crippen LogP contribution in [0, 0.1) is 18.7 Å². The average molecular weight is 421 g/mol. The van der Waals surface area contributed by atoms with Gasteiger partial charge < -0.3 is 16.0 Å². The molecule has 0 radical (unpaired) electrons. The molecular formula is C23H24FN5O2. The Labute approximate surface area is 179 Å². The van der Waals surface area contributed by atoms with Gasteiger partial charge in [-0.05, 0) is 49.9 Å². The number of aryl methyl sites for hydroxylation is 1. The summed E-state index contributed by atoms with van der Waals surface area (Å²) in [6.07, 6.45) is 4.30. The molecule has 160 valence electrons. The van der Waals surface area contributed by atoms with Crippen LogP contribution < -0.4 is 16.0 Å². The van der Waals surface area contributed by atoms with Crippen LogP contribution in [0.4, 0.5) is 20.7 Å². The Kier molecular flexibility index (Phi) is 5.79. The second-order valence-corrected chi connectivity index (χ2v) is 7.72. The summed E-state index contributed by atoms with van der Waals surface area (Å²) in [6, 6.07) is 7.79. The van der Waals surface area contributed by atoms with E-state index in [9.17, 15) is 14.0 Å². The molecule has 2 aromatic heterocycles. The highest BCUT2D eigenvalue weighted by Gasteiger charge is 2.29. The van der Waals surface area contributed by atoms with E-state index in [1.807, 2.05) is 19.9 Å². The zero-order valence-electron chi connectivity index (χ0n) is 17.5. The number of nitrogens with zero attached hydrogens (tertiary/aromatic N) is 2. The number of amides is 3. The molecule has 0 bridgehead atoms. The summed E-state index contributed by atoms with van der Waals surface area (Å²) in [4.78, 5) is 32.9. The van der Waals surface area contributed by atoms with Crippen LogP contribution in [0.5, 0.6) is 0 Å². The lowest BCUT2D eigenvalue weighted by molar-refractivity contribution is -0.117. The van der Waals surface area contributed by atoms with E-state index in [2.05, 4.69) is 25.9 Å².